The average molecular weight is 397 g/mol. The summed E-state index contributed by atoms with van der Waals surface area (Å²) in [6, 6.07) is 0. The highest BCUT2D eigenvalue weighted by Gasteiger charge is 2.50. The molecule has 0 saturated heterocycles. The van der Waals surface area contributed by atoms with Gasteiger partial charge in [-0.1, -0.05) is 76.6 Å². The summed E-state index contributed by atoms with van der Waals surface area (Å²) in [5, 5.41) is 10.0. The first-order valence-electron chi connectivity index (χ1n) is 12.2. The summed E-state index contributed by atoms with van der Waals surface area (Å²) < 4.78 is 0. The fourth-order valence-corrected chi connectivity index (χ4v) is 6.25. The molecule has 1 heteroatoms. The van der Waals surface area contributed by atoms with E-state index in [0.29, 0.717) is 17.3 Å². The van der Waals surface area contributed by atoms with Crippen LogP contribution in [0.4, 0.5) is 0 Å². The van der Waals surface area contributed by atoms with Gasteiger partial charge in [0.15, 0.2) is 0 Å². The van der Waals surface area contributed by atoms with Gasteiger partial charge in [0.1, 0.15) is 0 Å². The maximum absolute atomic E-state index is 10.0. The Morgan fingerprint density at radius 2 is 1.79 bits per heavy atom. The Morgan fingerprint density at radius 1 is 1.03 bits per heavy atom. The Hall–Kier alpha value is -1.08. The molecule has 29 heavy (non-hydrogen) atoms. The van der Waals surface area contributed by atoms with Crippen molar-refractivity contribution in [2.24, 2.45) is 35.0 Å². The van der Waals surface area contributed by atoms with Crippen LogP contribution >= 0.6 is 0 Å². The minimum absolute atomic E-state index is 0.182. The molecule has 0 spiro atoms. The fourth-order valence-electron chi connectivity index (χ4n) is 6.25. The maximum atomic E-state index is 10.0. The smallest absolute Gasteiger partial charge is 0.0583 e. The Morgan fingerprint density at radius 3 is 2.52 bits per heavy atom. The number of hydrogen-bond donors (Lipinski definition) is 1. The molecule has 3 aliphatic carbocycles. The van der Waals surface area contributed by atoms with Gasteiger partial charge in [-0.3, -0.25) is 0 Å². The molecule has 0 unspecified atom stereocenters. The fraction of sp³-hybridized carbons (Fsp3) is 0.714. The van der Waals surface area contributed by atoms with E-state index in [9.17, 15) is 5.11 Å². The van der Waals surface area contributed by atoms with E-state index in [0.717, 1.165) is 37.0 Å². The quantitative estimate of drug-likeness (QED) is 0.473. The van der Waals surface area contributed by atoms with E-state index in [2.05, 4.69) is 65.5 Å². The highest BCUT2D eigenvalue weighted by atomic mass is 16.3. The first kappa shape index (κ1) is 22.6. The molecule has 0 aliphatic heterocycles. The molecule has 3 fully saturated rings. The summed E-state index contributed by atoms with van der Waals surface area (Å²) in [7, 11) is 0. The summed E-state index contributed by atoms with van der Waals surface area (Å²) in [6.45, 7) is 16.3. The van der Waals surface area contributed by atoms with Gasteiger partial charge in [-0.2, -0.15) is 0 Å². The van der Waals surface area contributed by atoms with Crippen molar-refractivity contribution in [3.63, 3.8) is 0 Å². The molecule has 6 atom stereocenters. The number of hydrogen-bond acceptors (Lipinski definition) is 1. The van der Waals surface area contributed by atoms with Gasteiger partial charge in [0.05, 0.1) is 6.10 Å². The molecule has 162 valence electrons. The molecular formula is C28H44O. The van der Waals surface area contributed by atoms with Crippen molar-refractivity contribution < 1.29 is 5.11 Å². The van der Waals surface area contributed by atoms with Gasteiger partial charge in [0.2, 0.25) is 0 Å². The second-order valence-corrected chi connectivity index (χ2v) is 10.9. The number of allylic oxidation sites excluding steroid dienone is 6. The highest BCUT2D eigenvalue weighted by molar-refractivity contribution is 5.36. The van der Waals surface area contributed by atoms with Gasteiger partial charge in [0, 0.05) is 0 Å². The number of fused-ring (bicyclic) bond motifs is 1. The molecule has 1 nitrogen and oxygen atoms in total. The zero-order valence-electron chi connectivity index (χ0n) is 19.6. The third-order valence-electron chi connectivity index (χ3n) is 8.63. The summed E-state index contributed by atoms with van der Waals surface area (Å²) >= 11 is 0. The molecule has 0 heterocycles. The van der Waals surface area contributed by atoms with Crippen LogP contribution in [-0.2, 0) is 0 Å². The second-order valence-electron chi connectivity index (χ2n) is 10.9. The van der Waals surface area contributed by atoms with E-state index in [1.54, 1.807) is 5.57 Å². The van der Waals surface area contributed by atoms with Crippen molar-refractivity contribution in [2.75, 3.05) is 0 Å². The molecular weight excluding hydrogens is 352 g/mol. The lowest BCUT2D eigenvalue weighted by molar-refractivity contribution is 0.112. The van der Waals surface area contributed by atoms with E-state index in [4.69, 9.17) is 0 Å². The topological polar surface area (TPSA) is 20.2 Å². The number of rotatable bonds is 5. The Balaban J connectivity index is 1.75. The number of aliphatic hydroxyl groups is 1. The molecule has 0 radical (unpaired) electrons. The lowest BCUT2D eigenvalue weighted by Crippen LogP contribution is -2.35. The normalized spacial score (nSPS) is 38.2. The van der Waals surface area contributed by atoms with E-state index >= 15 is 0 Å². The monoisotopic (exact) mass is 396 g/mol. The van der Waals surface area contributed by atoms with Gasteiger partial charge in [0.25, 0.3) is 0 Å². The first-order valence-corrected chi connectivity index (χ1v) is 12.2. The lowest BCUT2D eigenvalue weighted by Gasteiger charge is -2.44. The predicted molar refractivity (Wildman–Crippen MR) is 126 cm³/mol. The van der Waals surface area contributed by atoms with Crippen LogP contribution in [0, 0.1) is 35.0 Å². The molecule has 0 aromatic rings. The van der Waals surface area contributed by atoms with E-state index in [1.165, 1.54) is 43.3 Å². The predicted octanol–water partition coefficient (Wildman–Crippen LogP) is 7.64. The van der Waals surface area contributed by atoms with Crippen LogP contribution in [0.5, 0.6) is 0 Å². The van der Waals surface area contributed by atoms with Crippen molar-refractivity contribution in [3.8, 4) is 0 Å². The van der Waals surface area contributed by atoms with Gasteiger partial charge in [-0.25, -0.2) is 0 Å². The number of aliphatic hydroxyl groups excluding tert-OH is 1. The van der Waals surface area contributed by atoms with E-state index in [1.807, 2.05) is 0 Å². The zero-order chi connectivity index (χ0) is 21.2. The Kier molecular flexibility index (Phi) is 7.31. The molecule has 0 aromatic heterocycles. The van der Waals surface area contributed by atoms with Crippen LogP contribution in [0.2, 0.25) is 0 Å². The maximum Gasteiger partial charge on any atom is 0.0583 e. The van der Waals surface area contributed by atoms with Crippen molar-refractivity contribution >= 4 is 0 Å². The largest absolute Gasteiger partial charge is 0.393 e. The van der Waals surface area contributed by atoms with Crippen LogP contribution in [0.25, 0.3) is 0 Å². The molecule has 3 aliphatic rings. The van der Waals surface area contributed by atoms with E-state index in [-0.39, 0.29) is 6.10 Å². The van der Waals surface area contributed by atoms with Crippen LogP contribution < -0.4 is 0 Å². The average Bonchev–Trinajstić information content (AvgIpc) is 3.04. The molecule has 3 rings (SSSR count). The van der Waals surface area contributed by atoms with Gasteiger partial charge >= 0.3 is 0 Å². The Bertz CT molecular complexity index is 678. The standard InChI is InChI=1S/C28H44O/c1-19(2)20(3)9-10-22(5)26-15-16-27-23(8-7-17-28(26,27)6)12-13-24-18-25(29)14-11-21(24)4/h9-10,12-13,19-20,22,25-27,29H,4,7-8,11,14-18H2,1-3,5-6H3/t20-,22-,25-,26-,27+,28-/m1/s1. The van der Waals surface area contributed by atoms with Gasteiger partial charge < -0.3 is 5.11 Å². The summed E-state index contributed by atoms with van der Waals surface area (Å²) in [6.07, 6.45) is 18.8. The van der Waals surface area contributed by atoms with Crippen molar-refractivity contribution in [3.05, 3.63) is 47.6 Å². The molecule has 0 amide bonds. The summed E-state index contributed by atoms with van der Waals surface area (Å²) in [5.74, 6) is 3.58. The Labute approximate surface area is 180 Å². The van der Waals surface area contributed by atoms with Gasteiger partial charge in [-0.15, -0.1) is 0 Å². The molecule has 0 bridgehead atoms. The zero-order valence-corrected chi connectivity index (χ0v) is 19.6. The minimum Gasteiger partial charge on any atom is -0.393 e. The molecule has 3 saturated carbocycles. The van der Waals surface area contributed by atoms with Gasteiger partial charge in [-0.05, 0) is 91.9 Å². The third kappa shape index (κ3) is 4.98. The lowest BCUT2D eigenvalue weighted by atomic mass is 9.61. The van der Waals surface area contributed by atoms with Crippen LogP contribution in [-0.4, -0.2) is 11.2 Å². The highest BCUT2D eigenvalue weighted by Crippen LogP contribution is 2.59. The van der Waals surface area contributed by atoms with Crippen molar-refractivity contribution in [1.82, 2.24) is 0 Å². The molecule has 1 N–H and O–H groups in total. The van der Waals surface area contributed by atoms with Crippen LogP contribution in [0.15, 0.2) is 47.6 Å². The third-order valence-corrected chi connectivity index (χ3v) is 8.63. The minimum atomic E-state index is -0.182. The van der Waals surface area contributed by atoms with Crippen molar-refractivity contribution in [2.45, 2.75) is 92.1 Å². The molecule has 0 aromatic carbocycles. The SMILES string of the molecule is C=C1CC[C@@H](O)CC1=CC=C1CCC[C@]2(C)[C@@H]([C@H](C)C=C[C@@H](C)C(C)C)CC[C@@H]12. The van der Waals surface area contributed by atoms with E-state index < -0.39 is 0 Å². The summed E-state index contributed by atoms with van der Waals surface area (Å²) in [5.41, 5.74) is 4.61. The first-order chi connectivity index (χ1) is 13.7. The van der Waals surface area contributed by atoms with Crippen LogP contribution in [0.3, 0.4) is 0 Å². The van der Waals surface area contributed by atoms with Crippen molar-refractivity contribution in [1.29, 1.82) is 0 Å². The van der Waals surface area contributed by atoms with Crippen LogP contribution in [0.1, 0.15) is 86.0 Å². The second kappa shape index (κ2) is 9.38. The summed E-state index contributed by atoms with van der Waals surface area (Å²) in [4.78, 5) is 0.